The zero-order valence-electron chi connectivity index (χ0n) is 12.7. The zero-order valence-corrected chi connectivity index (χ0v) is 13.5. The van der Waals surface area contributed by atoms with Crippen LogP contribution >= 0.6 is 0 Å². The quantitative estimate of drug-likeness (QED) is 0.638. The molecular formula is C15H16N4O4S. The Balaban J connectivity index is 1.84. The maximum atomic E-state index is 12.4. The molecule has 1 heterocycles. The smallest absolute Gasteiger partial charge is 0.269 e. The highest BCUT2D eigenvalue weighted by Gasteiger charge is 2.20. The third-order valence-corrected chi connectivity index (χ3v) is 5.30. The summed E-state index contributed by atoms with van der Waals surface area (Å²) in [5, 5.41) is 10.6. The Morgan fingerprint density at radius 2 is 2.00 bits per heavy atom. The van der Waals surface area contributed by atoms with Gasteiger partial charge in [-0.3, -0.25) is 19.8 Å². The molecule has 1 aliphatic carbocycles. The molecule has 1 aromatic carbocycles. The number of rotatable bonds is 4. The summed E-state index contributed by atoms with van der Waals surface area (Å²) in [6.07, 6.45) is 3.79. The molecule has 0 amide bonds. The van der Waals surface area contributed by atoms with Crippen molar-refractivity contribution in [1.82, 2.24) is 4.98 Å². The number of hydrogen-bond donors (Lipinski definition) is 2. The molecule has 9 heteroatoms. The minimum atomic E-state index is -3.84. The zero-order chi connectivity index (χ0) is 17.3. The van der Waals surface area contributed by atoms with E-state index in [9.17, 15) is 18.5 Å². The van der Waals surface area contributed by atoms with E-state index in [0.717, 1.165) is 36.2 Å². The van der Waals surface area contributed by atoms with E-state index in [4.69, 9.17) is 5.73 Å². The molecule has 24 heavy (non-hydrogen) atoms. The molecule has 0 saturated heterocycles. The van der Waals surface area contributed by atoms with Crippen molar-refractivity contribution in [1.29, 1.82) is 0 Å². The van der Waals surface area contributed by atoms with E-state index >= 15 is 0 Å². The Morgan fingerprint density at radius 1 is 1.29 bits per heavy atom. The van der Waals surface area contributed by atoms with Gasteiger partial charge in [-0.2, -0.15) is 0 Å². The van der Waals surface area contributed by atoms with Gasteiger partial charge in [-0.15, -0.1) is 0 Å². The monoisotopic (exact) mass is 348 g/mol. The van der Waals surface area contributed by atoms with Gasteiger partial charge in [0.15, 0.2) is 0 Å². The van der Waals surface area contributed by atoms with Crippen molar-refractivity contribution in [3.8, 4) is 0 Å². The van der Waals surface area contributed by atoms with Crippen molar-refractivity contribution in [2.45, 2.75) is 30.2 Å². The lowest BCUT2D eigenvalue weighted by Gasteiger charge is -2.21. The summed E-state index contributed by atoms with van der Waals surface area (Å²) < 4.78 is 27.2. The number of non-ortho nitro benzene ring substituents is 1. The van der Waals surface area contributed by atoms with E-state index in [1.54, 1.807) is 6.07 Å². The number of aryl methyl sites for hydroxylation is 1. The summed E-state index contributed by atoms with van der Waals surface area (Å²) in [5.41, 5.74) is 8.00. The normalized spacial score (nSPS) is 17.1. The molecular weight excluding hydrogens is 332 g/mol. The fourth-order valence-electron chi connectivity index (χ4n) is 2.66. The summed E-state index contributed by atoms with van der Waals surface area (Å²) in [5.74, 6) is 0. The van der Waals surface area contributed by atoms with Crippen LogP contribution in [0.15, 0.2) is 41.4 Å². The topological polar surface area (TPSA) is 128 Å². The molecule has 1 atom stereocenters. The lowest BCUT2D eigenvalue weighted by atomic mass is 9.92. The summed E-state index contributed by atoms with van der Waals surface area (Å²) in [7, 11) is -3.84. The SMILES string of the molecule is NC1CCc2ncc(NS(=O)(=O)c3ccc([N+](=O)[O-])cc3)cc2C1. The molecule has 0 bridgehead atoms. The molecule has 1 aliphatic rings. The minimum Gasteiger partial charge on any atom is -0.327 e. The van der Waals surface area contributed by atoms with E-state index in [-0.39, 0.29) is 16.6 Å². The molecule has 8 nitrogen and oxygen atoms in total. The van der Waals surface area contributed by atoms with Crippen LogP contribution in [0.3, 0.4) is 0 Å². The summed E-state index contributed by atoms with van der Waals surface area (Å²) >= 11 is 0. The molecule has 0 fully saturated rings. The van der Waals surface area contributed by atoms with E-state index in [1.165, 1.54) is 18.3 Å². The average Bonchev–Trinajstić information content (AvgIpc) is 2.54. The molecule has 1 aromatic heterocycles. The first-order chi connectivity index (χ1) is 11.3. The maximum Gasteiger partial charge on any atom is 0.269 e. The predicted molar refractivity (Wildman–Crippen MR) is 88.1 cm³/mol. The number of nitrogens with zero attached hydrogens (tertiary/aromatic N) is 2. The number of hydrogen-bond acceptors (Lipinski definition) is 6. The molecule has 2 aromatic rings. The molecule has 0 spiro atoms. The van der Waals surface area contributed by atoms with Crippen LogP contribution in [0.4, 0.5) is 11.4 Å². The second-order valence-electron chi connectivity index (χ2n) is 5.69. The van der Waals surface area contributed by atoms with Gasteiger partial charge in [-0.25, -0.2) is 8.42 Å². The number of nitrogens with one attached hydrogen (secondary N) is 1. The number of nitro groups is 1. The van der Waals surface area contributed by atoms with Crippen LogP contribution in [0.5, 0.6) is 0 Å². The van der Waals surface area contributed by atoms with Gasteiger partial charge in [0, 0.05) is 23.9 Å². The molecule has 3 rings (SSSR count). The molecule has 126 valence electrons. The molecule has 0 radical (unpaired) electrons. The van der Waals surface area contributed by atoms with Crippen molar-refractivity contribution in [3.05, 3.63) is 57.9 Å². The van der Waals surface area contributed by atoms with E-state index in [0.29, 0.717) is 12.1 Å². The summed E-state index contributed by atoms with van der Waals surface area (Å²) in [6, 6.07) is 6.49. The Labute approximate surface area is 138 Å². The van der Waals surface area contributed by atoms with Gasteiger partial charge in [0.1, 0.15) is 0 Å². The van der Waals surface area contributed by atoms with Gasteiger partial charge in [0.25, 0.3) is 15.7 Å². The molecule has 0 aliphatic heterocycles. The average molecular weight is 348 g/mol. The van der Waals surface area contributed by atoms with Crippen LogP contribution in [0.25, 0.3) is 0 Å². The van der Waals surface area contributed by atoms with Gasteiger partial charge < -0.3 is 5.73 Å². The number of pyridine rings is 1. The van der Waals surface area contributed by atoms with Crippen molar-refractivity contribution in [3.63, 3.8) is 0 Å². The summed E-state index contributed by atoms with van der Waals surface area (Å²) in [4.78, 5) is 14.3. The Kier molecular flexibility index (Phi) is 4.20. The number of anilines is 1. The standard InChI is InChI=1S/C15H16N4O4S/c16-11-1-6-15-10(7-11)8-12(9-17-15)18-24(22,23)14-4-2-13(3-5-14)19(20)21/h2-5,8-9,11,18H,1,6-7,16H2. The second kappa shape index (κ2) is 6.17. The van der Waals surface area contributed by atoms with Crippen LogP contribution in [0.1, 0.15) is 17.7 Å². The van der Waals surface area contributed by atoms with Crippen LogP contribution in [0, 0.1) is 10.1 Å². The van der Waals surface area contributed by atoms with Gasteiger partial charge in [-0.05, 0) is 43.0 Å². The fourth-order valence-corrected chi connectivity index (χ4v) is 3.70. The Bertz CT molecular complexity index is 881. The molecule has 1 unspecified atom stereocenters. The number of nitrogens with two attached hydrogens (primary N) is 1. The number of nitro benzene ring substituents is 1. The van der Waals surface area contributed by atoms with Gasteiger partial charge in [0.05, 0.1) is 21.7 Å². The van der Waals surface area contributed by atoms with E-state index in [1.807, 2.05) is 0 Å². The highest BCUT2D eigenvalue weighted by Crippen LogP contribution is 2.24. The van der Waals surface area contributed by atoms with Gasteiger partial charge >= 0.3 is 0 Å². The van der Waals surface area contributed by atoms with Crippen LogP contribution < -0.4 is 10.5 Å². The highest BCUT2D eigenvalue weighted by atomic mass is 32.2. The summed E-state index contributed by atoms with van der Waals surface area (Å²) in [6.45, 7) is 0. The highest BCUT2D eigenvalue weighted by molar-refractivity contribution is 7.92. The number of sulfonamides is 1. The van der Waals surface area contributed by atoms with Crippen molar-refractivity contribution < 1.29 is 13.3 Å². The largest absolute Gasteiger partial charge is 0.327 e. The van der Waals surface area contributed by atoms with Crippen molar-refractivity contribution >= 4 is 21.4 Å². The lowest BCUT2D eigenvalue weighted by molar-refractivity contribution is -0.384. The number of fused-ring (bicyclic) bond motifs is 1. The first kappa shape index (κ1) is 16.3. The van der Waals surface area contributed by atoms with Crippen LogP contribution in [0.2, 0.25) is 0 Å². The first-order valence-corrected chi connectivity index (χ1v) is 8.84. The first-order valence-electron chi connectivity index (χ1n) is 7.36. The fraction of sp³-hybridized carbons (Fsp3) is 0.267. The third kappa shape index (κ3) is 3.36. The second-order valence-corrected chi connectivity index (χ2v) is 7.37. The number of benzene rings is 1. The van der Waals surface area contributed by atoms with Gasteiger partial charge in [-0.1, -0.05) is 0 Å². The molecule has 0 saturated carbocycles. The van der Waals surface area contributed by atoms with E-state index in [2.05, 4.69) is 9.71 Å². The molecule has 3 N–H and O–H groups in total. The van der Waals surface area contributed by atoms with E-state index < -0.39 is 14.9 Å². The van der Waals surface area contributed by atoms with Crippen LogP contribution in [-0.2, 0) is 22.9 Å². The van der Waals surface area contributed by atoms with Crippen molar-refractivity contribution in [2.75, 3.05) is 4.72 Å². The lowest BCUT2D eigenvalue weighted by Crippen LogP contribution is -2.28. The number of aromatic nitrogens is 1. The minimum absolute atomic E-state index is 0.0532. The Morgan fingerprint density at radius 3 is 2.67 bits per heavy atom. The van der Waals surface area contributed by atoms with Crippen LogP contribution in [-0.4, -0.2) is 24.4 Å². The maximum absolute atomic E-state index is 12.4. The third-order valence-electron chi connectivity index (χ3n) is 3.90. The van der Waals surface area contributed by atoms with Crippen molar-refractivity contribution in [2.24, 2.45) is 5.73 Å². The Hall–Kier alpha value is -2.52. The predicted octanol–water partition coefficient (Wildman–Crippen LogP) is 1.61. The van der Waals surface area contributed by atoms with Gasteiger partial charge in [0.2, 0.25) is 0 Å².